The van der Waals surface area contributed by atoms with Gasteiger partial charge in [0.1, 0.15) is 0 Å². The van der Waals surface area contributed by atoms with Crippen LogP contribution in [0.15, 0.2) is 54.9 Å². The Morgan fingerprint density at radius 1 is 1.23 bits per heavy atom. The summed E-state index contributed by atoms with van der Waals surface area (Å²) in [5, 5.41) is 12.1. The number of carbonyl (C=O) groups excluding carboxylic acids is 2. The molecule has 0 unspecified atom stereocenters. The van der Waals surface area contributed by atoms with Crippen molar-refractivity contribution in [2.24, 2.45) is 0 Å². The summed E-state index contributed by atoms with van der Waals surface area (Å²) < 4.78 is 0. The van der Waals surface area contributed by atoms with E-state index in [1.54, 1.807) is 12.3 Å². The van der Waals surface area contributed by atoms with Gasteiger partial charge < -0.3 is 10.6 Å². The highest BCUT2D eigenvalue weighted by Gasteiger charge is 2.06. The Morgan fingerprint density at radius 3 is 2.85 bits per heavy atom. The van der Waals surface area contributed by atoms with Crippen LogP contribution in [0.2, 0.25) is 5.02 Å². The van der Waals surface area contributed by atoms with Crippen molar-refractivity contribution >= 4 is 46.5 Å². The number of halogens is 1. The molecule has 132 valence electrons. The van der Waals surface area contributed by atoms with Crippen molar-refractivity contribution in [1.29, 1.82) is 0 Å². The number of aromatic amines is 1. The highest BCUT2D eigenvalue weighted by atomic mass is 35.5. The fraction of sp³-hybridized carbons (Fsp3) is 0.0556. The maximum Gasteiger partial charge on any atom is 0.244 e. The van der Waals surface area contributed by atoms with Crippen molar-refractivity contribution in [3.8, 4) is 10.4 Å². The molecule has 3 N–H and O–H groups in total. The minimum absolute atomic E-state index is 0.121. The second-order valence-electron chi connectivity index (χ2n) is 5.27. The Labute approximate surface area is 158 Å². The van der Waals surface area contributed by atoms with Gasteiger partial charge in [-0.1, -0.05) is 29.8 Å². The van der Waals surface area contributed by atoms with Gasteiger partial charge in [0.15, 0.2) is 0 Å². The van der Waals surface area contributed by atoms with Gasteiger partial charge in [0, 0.05) is 32.6 Å². The lowest BCUT2D eigenvalue weighted by molar-refractivity contribution is -0.121. The molecule has 0 spiro atoms. The Hall–Kier alpha value is -2.90. The van der Waals surface area contributed by atoms with Gasteiger partial charge in [-0.3, -0.25) is 14.7 Å². The molecule has 0 saturated carbocycles. The normalized spacial score (nSPS) is 10.8. The SMILES string of the molecule is O=C(/C=C\c1ccc(-c2ccccc2Cl)s1)NCC(=O)Nc1cn[nH]c1. The van der Waals surface area contributed by atoms with Crippen molar-refractivity contribution in [3.05, 3.63) is 64.8 Å². The highest BCUT2D eigenvalue weighted by Crippen LogP contribution is 2.33. The molecule has 2 aromatic heterocycles. The molecule has 8 heteroatoms. The number of nitrogens with zero attached hydrogens (tertiary/aromatic N) is 1. The number of amides is 2. The van der Waals surface area contributed by atoms with Gasteiger partial charge in [0.25, 0.3) is 0 Å². The van der Waals surface area contributed by atoms with Gasteiger partial charge in [0.05, 0.1) is 18.4 Å². The zero-order valence-corrected chi connectivity index (χ0v) is 15.1. The van der Waals surface area contributed by atoms with E-state index >= 15 is 0 Å². The van der Waals surface area contributed by atoms with E-state index in [1.165, 1.54) is 23.6 Å². The van der Waals surface area contributed by atoms with Gasteiger partial charge in [-0.2, -0.15) is 5.10 Å². The number of carbonyl (C=O) groups is 2. The van der Waals surface area contributed by atoms with E-state index in [1.807, 2.05) is 36.4 Å². The zero-order valence-electron chi connectivity index (χ0n) is 13.5. The van der Waals surface area contributed by atoms with Crippen LogP contribution in [0.5, 0.6) is 0 Å². The summed E-state index contributed by atoms with van der Waals surface area (Å²) in [6.45, 7) is -0.121. The van der Waals surface area contributed by atoms with Crippen LogP contribution < -0.4 is 10.6 Å². The molecule has 1 aromatic carbocycles. The van der Waals surface area contributed by atoms with Gasteiger partial charge in [0.2, 0.25) is 11.8 Å². The standard InChI is InChI=1S/C18H15ClN4O2S/c19-15-4-2-1-3-14(15)16-7-5-13(26-16)6-8-17(24)20-11-18(25)23-12-9-21-22-10-12/h1-10H,11H2,(H,20,24)(H,21,22)(H,23,25)/b8-6-. The number of benzene rings is 1. The fourth-order valence-corrected chi connectivity index (χ4v) is 3.40. The van der Waals surface area contributed by atoms with Crippen molar-refractivity contribution in [2.45, 2.75) is 0 Å². The van der Waals surface area contributed by atoms with Gasteiger partial charge in [-0.15, -0.1) is 11.3 Å². The molecule has 0 fully saturated rings. The summed E-state index contributed by atoms with van der Waals surface area (Å²) in [6, 6.07) is 11.5. The van der Waals surface area contributed by atoms with Crippen molar-refractivity contribution in [3.63, 3.8) is 0 Å². The summed E-state index contributed by atoms with van der Waals surface area (Å²) in [6.07, 6.45) is 6.13. The number of anilines is 1. The van der Waals surface area contributed by atoms with Crippen molar-refractivity contribution < 1.29 is 9.59 Å². The van der Waals surface area contributed by atoms with Crippen molar-refractivity contribution in [1.82, 2.24) is 15.5 Å². The second-order valence-corrected chi connectivity index (χ2v) is 6.79. The molecule has 0 saturated heterocycles. The van der Waals surface area contributed by atoms with E-state index in [2.05, 4.69) is 20.8 Å². The van der Waals surface area contributed by atoms with E-state index in [0.29, 0.717) is 10.7 Å². The highest BCUT2D eigenvalue weighted by molar-refractivity contribution is 7.16. The van der Waals surface area contributed by atoms with E-state index in [9.17, 15) is 9.59 Å². The summed E-state index contributed by atoms with van der Waals surface area (Å²) in [4.78, 5) is 25.5. The lowest BCUT2D eigenvalue weighted by Gasteiger charge is -2.02. The summed E-state index contributed by atoms with van der Waals surface area (Å²) in [5.74, 6) is -0.676. The fourth-order valence-electron chi connectivity index (χ4n) is 2.16. The third-order valence-corrected chi connectivity index (χ3v) is 4.78. The average molecular weight is 387 g/mol. The van der Waals surface area contributed by atoms with Gasteiger partial charge in [-0.05, 0) is 24.3 Å². The van der Waals surface area contributed by atoms with E-state index in [4.69, 9.17) is 11.6 Å². The molecule has 0 aliphatic heterocycles. The zero-order chi connectivity index (χ0) is 18.4. The van der Waals surface area contributed by atoms with Gasteiger partial charge >= 0.3 is 0 Å². The van der Waals surface area contributed by atoms with Crippen LogP contribution in [0.3, 0.4) is 0 Å². The third-order valence-electron chi connectivity index (χ3n) is 3.37. The summed E-state index contributed by atoms with van der Waals surface area (Å²) in [7, 11) is 0. The molecule has 0 atom stereocenters. The molecular formula is C18H15ClN4O2S. The lowest BCUT2D eigenvalue weighted by Crippen LogP contribution is -2.31. The third kappa shape index (κ3) is 4.81. The van der Waals surface area contributed by atoms with Crippen LogP contribution >= 0.6 is 22.9 Å². The topological polar surface area (TPSA) is 86.9 Å². The maximum atomic E-state index is 11.8. The number of thiophene rings is 1. The molecule has 6 nitrogen and oxygen atoms in total. The lowest BCUT2D eigenvalue weighted by atomic mass is 10.2. The number of hydrogen-bond donors (Lipinski definition) is 3. The predicted molar refractivity (Wildman–Crippen MR) is 104 cm³/mol. The van der Waals surface area contributed by atoms with Crippen molar-refractivity contribution in [2.75, 3.05) is 11.9 Å². The molecule has 2 heterocycles. The molecular weight excluding hydrogens is 372 g/mol. The van der Waals surface area contributed by atoms with Crippen LogP contribution in [0, 0.1) is 0 Å². The first-order chi connectivity index (χ1) is 12.6. The minimum atomic E-state index is -0.347. The van der Waals surface area contributed by atoms with Crippen LogP contribution in [0.25, 0.3) is 16.5 Å². The Kier molecular flexibility index (Phi) is 5.83. The van der Waals surface area contributed by atoms with E-state index < -0.39 is 0 Å². The number of hydrogen-bond acceptors (Lipinski definition) is 4. The molecule has 0 radical (unpaired) electrons. The van der Waals surface area contributed by atoms with Crippen LogP contribution in [0.1, 0.15) is 4.88 Å². The Morgan fingerprint density at radius 2 is 2.08 bits per heavy atom. The summed E-state index contributed by atoms with van der Waals surface area (Å²) in [5.41, 5.74) is 1.50. The largest absolute Gasteiger partial charge is 0.343 e. The average Bonchev–Trinajstić information content (AvgIpc) is 3.30. The second kappa shape index (κ2) is 8.46. The molecule has 2 amide bonds. The summed E-state index contributed by atoms with van der Waals surface area (Å²) >= 11 is 7.73. The molecule has 0 aliphatic carbocycles. The first-order valence-corrected chi connectivity index (χ1v) is 8.90. The molecule has 0 bridgehead atoms. The smallest absolute Gasteiger partial charge is 0.244 e. The van der Waals surface area contributed by atoms with Crippen LogP contribution in [-0.4, -0.2) is 28.6 Å². The monoisotopic (exact) mass is 386 g/mol. The first-order valence-electron chi connectivity index (χ1n) is 7.71. The molecule has 3 rings (SSSR count). The quantitative estimate of drug-likeness (QED) is 0.566. The molecule has 3 aromatic rings. The number of rotatable bonds is 6. The number of H-pyrrole nitrogens is 1. The van der Waals surface area contributed by atoms with E-state index in [-0.39, 0.29) is 18.4 Å². The number of nitrogens with one attached hydrogen (secondary N) is 3. The van der Waals surface area contributed by atoms with Crippen LogP contribution in [-0.2, 0) is 9.59 Å². The Bertz CT molecular complexity index is 934. The number of aromatic nitrogens is 2. The molecule has 26 heavy (non-hydrogen) atoms. The minimum Gasteiger partial charge on any atom is -0.343 e. The molecule has 0 aliphatic rings. The Balaban J connectivity index is 1.52. The van der Waals surface area contributed by atoms with Gasteiger partial charge in [-0.25, -0.2) is 0 Å². The maximum absolute atomic E-state index is 11.8. The predicted octanol–water partition coefficient (Wildman–Crippen LogP) is 3.56. The van der Waals surface area contributed by atoms with E-state index in [0.717, 1.165) is 15.3 Å². The first kappa shape index (κ1) is 17.9. The van der Waals surface area contributed by atoms with Crippen LogP contribution in [0.4, 0.5) is 5.69 Å².